The molecule has 0 saturated carbocycles. The predicted molar refractivity (Wildman–Crippen MR) is 94.2 cm³/mol. The van der Waals surface area contributed by atoms with Crippen LogP contribution in [-0.2, 0) is 14.3 Å². The summed E-state index contributed by atoms with van der Waals surface area (Å²) in [7, 11) is 0. The van der Waals surface area contributed by atoms with Gasteiger partial charge in [0.15, 0.2) is 13.2 Å². The van der Waals surface area contributed by atoms with E-state index in [0.717, 1.165) is 6.42 Å². The molecule has 0 bridgehead atoms. The molecule has 0 aromatic heterocycles. The second-order valence-corrected chi connectivity index (χ2v) is 7.96. The fourth-order valence-corrected chi connectivity index (χ4v) is 2.86. The van der Waals surface area contributed by atoms with E-state index in [-0.39, 0.29) is 30.1 Å². The quantitative estimate of drug-likeness (QED) is 0.759. The molecular formula is C18H26ClNO4. The van der Waals surface area contributed by atoms with Gasteiger partial charge in [0.25, 0.3) is 5.91 Å². The summed E-state index contributed by atoms with van der Waals surface area (Å²) in [5.41, 5.74) is -0.300. The molecular weight excluding hydrogens is 330 g/mol. The first kappa shape index (κ1) is 20.3. The highest BCUT2D eigenvalue weighted by Gasteiger charge is 2.27. The normalized spacial score (nSPS) is 11.8. The maximum atomic E-state index is 11.9. The zero-order valence-electron chi connectivity index (χ0n) is 14.9. The van der Waals surface area contributed by atoms with Gasteiger partial charge in [0.05, 0.1) is 5.02 Å². The van der Waals surface area contributed by atoms with Gasteiger partial charge in [-0.1, -0.05) is 44.5 Å². The summed E-state index contributed by atoms with van der Waals surface area (Å²) in [5.74, 6) is -0.569. The maximum absolute atomic E-state index is 11.9. The molecule has 24 heavy (non-hydrogen) atoms. The van der Waals surface area contributed by atoms with E-state index < -0.39 is 5.97 Å². The number of amides is 1. The van der Waals surface area contributed by atoms with Crippen LogP contribution in [0.2, 0.25) is 5.02 Å². The standard InChI is InChI=1S/C18H26ClNO4/c1-17(2,3)12-18(4,5)20-15(21)10-24-16(22)11-23-14-9-7-6-8-13(14)19/h6-9H,10-12H2,1-5H3,(H,20,21). The van der Waals surface area contributed by atoms with Crippen molar-refractivity contribution in [1.29, 1.82) is 0 Å². The van der Waals surface area contributed by atoms with Crippen molar-refractivity contribution in [3.05, 3.63) is 29.3 Å². The monoisotopic (exact) mass is 355 g/mol. The lowest BCUT2D eigenvalue weighted by Crippen LogP contribution is -2.47. The summed E-state index contributed by atoms with van der Waals surface area (Å²) in [6.45, 7) is 9.56. The van der Waals surface area contributed by atoms with Crippen molar-refractivity contribution >= 4 is 23.5 Å². The van der Waals surface area contributed by atoms with Crippen LogP contribution in [0.1, 0.15) is 41.0 Å². The summed E-state index contributed by atoms with van der Waals surface area (Å²) >= 11 is 5.92. The highest BCUT2D eigenvalue weighted by molar-refractivity contribution is 6.32. The Labute approximate surface area is 148 Å². The third-order valence-corrected chi connectivity index (χ3v) is 3.31. The maximum Gasteiger partial charge on any atom is 0.344 e. The van der Waals surface area contributed by atoms with Crippen LogP contribution in [-0.4, -0.2) is 30.6 Å². The minimum atomic E-state index is -0.626. The van der Waals surface area contributed by atoms with Gasteiger partial charge >= 0.3 is 5.97 Å². The Kier molecular flexibility index (Phi) is 7.08. The van der Waals surface area contributed by atoms with E-state index in [2.05, 4.69) is 26.1 Å². The molecule has 6 heteroatoms. The first-order valence-corrected chi connectivity index (χ1v) is 8.20. The van der Waals surface area contributed by atoms with Crippen LogP contribution in [0.25, 0.3) is 0 Å². The van der Waals surface area contributed by atoms with Crippen LogP contribution in [0.15, 0.2) is 24.3 Å². The predicted octanol–water partition coefficient (Wildman–Crippen LogP) is 3.59. The summed E-state index contributed by atoms with van der Waals surface area (Å²) in [6.07, 6.45) is 0.801. The number of ether oxygens (including phenoxy) is 2. The summed E-state index contributed by atoms with van der Waals surface area (Å²) in [4.78, 5) is 23.6. The number of halogens is 1. The van der Waals surface area contributed by atoms with Gasteiger partial charge in [-0.25, -0.2) is 4.79 Å². The van der Waals surface area contributed by atoms with Crippen molar-refractivity contribution in [3.8, 4) is 5.75 Å². The van der Waals surface area contributed by atoms with Crippen LogP contribution in [0.4, 0.5) is 0 Å². The molecule has 0 spiro atoms. The number of nitrogens with one attached hydrogen (secondary N) is 1. The Morgan fingerprint density at radius 1 is 1.08 bits per heavy atom. The lowest BCUT2D eigenvalue weighted by atomic mass is 9.82. The number of esters is 1. The molecule has 134 valence electrons. The van der Waals surface area contributed by atoms with Crippen molar-refractivity contribution in [2.24, 2.45) is 5.41 Å². The molecule has 0 aliphatic rings. The number of para-hydroxylation sites is 1. The van der Waals surface area contributed by atoms with Crippen LogP contribution < -0.4 is 10.1 Å². The Bertz CT molecular complexity index is 579. The minimum Gasteiger partial charge on any atom is -0.480 e. The molecule has 0 radical (unpaired) electrons. The second kappa shape index (κ2) is 8.38. The van der Waals surface area contributed by atoms with Crippen molar-refractivity contribution in [3.63, 3.8) is 0 Å². The van der Waals surface area contributed by atoms with Gasteiger partial charge in [-0.2, -0.15) is 0 Å². The van der Waals surface area contributed by atoms with E-state index in [1.54, 1.807) is 24.3 Å². The number of hydrogen-bond donors (Lipinski definition) is 1. The van der Waals surface area contributed by atoms with Gasteiger partial charge in [0, 0.05) is 5.54 Å². The Balaban J connectivity index is 2.36. The summed E-state index contributed by atoms with van der Waals surface area (Å²) < 4.78 is 10.2. The van der Waals surface area contributed by atoms with E-state index in [1.165, 1.54) is 0 Å². The lowest BCUT2D eigenvalue weighted by molar-refractivity contribution is -0.150. The van der Waals surface area contributed by atoms with Crippen LogP contribution in [0.5, 0.6) is 5.75 Å². The van der Waals surface area contributed by atoms with Gasteiger partial charge in [-0.15, -0.1) is 0 Å². The molecule has 1 aromatic carbocycles. The van der Waals surface area contributed by atoms with E-state index in [9.17, 15) is 9.59 Å². The van der Waals surface area contributed by atoms with Crippen molar-refractivity contribution in [2.45, 2.75) is 46.6 Å². The highest BCUT2D eigenvalue weighted by atomic mass is 35.5. The molecule has 0 unspecified atom stereocenters. The molecule has 0 aliphatic heterocycles. The number of hydrogen-bond acceptors (Lipinski definition) is 4. The molecule has 5 nitrogen and oxygen atoms in total. The summed E-state index contributed by atoms with van der Waals surface area (Å²) in [5, 5.41) is 3.28. The van der Waals surface area contributed by atoms with E-state index in [1.807, 2.05) is 13.8 Å². The Morgan fingerprint density at radius 2 is 1.71 bits per heavy atom. The Morgan fingerprint density at radius 3 is 2.29 bits per heavy atom. The van der Waals surface area contributed by atoms with E-state index >= 15 is 0 Å². The molecule has 1 N–H and O–H groups in total. The van der Waals surface area contributed by atoms with Crippen molar-refractivity contribution < 1.29 is 19.1 Å². The average Bonchev–Trinajstić information content (AvgIpc) is 2.41. The topological polar surface area (TPSA) is 64.6 Å². The molecule has 0 aliphatic carbocycles. The third-order valence-electron chi connectivity index (χ3n) is 3.00. The third kappa shape index (κ3) is 8.20. The average molecular weight is 356 g/mol. The fraction of sp³-hybridized carbons (Fsp3) is 0.556. The summed E-state index contributed by atoms with van der Waals surface area (Å²) in [6, 6.07) is 6.82. The fourth-order valence-electron chi connectivity index (χ4n) is 2.67. The van der Waals surface area contributed by atoms with Crippen LogP contribution in [0.3, 0.4) is 0 Å². The largest absolute Gasteiger partial charge is 0.480 e. The van der Waals surface area contributed by atoms with Crippen molar-refractivity contribution in [1.82, 2.24) is 5.32 Å². The lowest BCUT2D eigenvalue weighted by Gasteiger charge is -2.33. The molecule has 0 fully saturated rings. The van der Waals surface area contributed by atoms with Gasteiger partial charge < -0.3 is 14.8 Å². The second-order valence-electron chi connectivity index (χ2n) is 7.55. The van der Waals surface area contributed by atoms with Crippen LogP contribution >= 0.6 is 11.6 Å². The molecule has 0 heterocycles. The molecule has 1 rings (SSSR count). The molecule has 1 aromatic rings. The minimum absolute atomic E-state index is 0.0796. The smallest absolute Gasteiger partial charge is 0.344 e. The number of rotatable bonds is 7. The van der Waals surface area contributed by atoms with Gasteiger partial charge in [-0.05, 0) is 37.8 Å². The van der Waals surface area contributed by atoms with Gasteiger partial charge in [0.2, 0.25) is 0 Å². The van der Waals surface area contributed by atoms with E-state index in [4.69, 9.17) is 21.1 Å². The first-order valence-electron chi connectivity index (χ1n) is 7.82. The zero-order valence-corrected chi connectivity index (χ0v) is 15.7. The Hall–Kier alpha value is -1.75. The molecule has 1 amide bonds. The molecule has 0 saturated heterocycles. The van der Waals surface area contributed by atoms with Crippen molar-refractivity contribution in [2.75, 3.05) is 13.2 Å². The van der Waals surface area contributed by atoms with Crippen LogP contribution in [0, 0.1) is 5.41 Å². The zero-order chi connectivity index (χ0) is 18.4. The highest BCUT2D eigenvalue weighted by Crippen LogP contribution is 2.26. The number of carbonyl (C=O) groups excluding carboxylic acids is 2. The SMILES string of the molecule is CC(C)(C)CC(C)(C)NC(=O)COC(=O)COc1ccccc1Cl. The first-order chi connectivity index (χ1) is 11.0. The number of benzene rings is 1. The van der Waals surface area contributed by atoms with Gasteiger partial charge in [-0.3, -0.25) is 4.79 Å². The van der Waals surface area contributed by atoms with E-state index in [0.29, 0.717) is 10.8 Å². The molecule has 0 atom stereocenters. The number of carbonyl (C=O) groups is 2. The van der Waals surface area contributed by atoms with Gasteiger partial charge in [0.1, 0.15) is 5.75 Å².